The molecule has 4 aliphatic rings. The van der Waals surface area contributed by atoms with E-state index < -0.39 is 11.4 Å². The van der Waals surface area contributed by atoms with E-state index in [1.165, 1.54) is 6.42 Å². The Hall–Kier alpha value is -1.12. The molecule has 0 radical (unpaired) electrons. The Morgan fingerprint density at radius 3 is 2.26 bits per heavy atom. The van der Waals surface area contributed by atoms with Gasteiger partial charge in [0.25, 0.3) is 0 Å². The first kappa shape index (κ1) is 12.9. The molecule has 2 unspecified atom stereocenters. The van der Waals surface area contributed by atoms with E-state index in [-0.39, 0.29) is 11.2 Å². The number of allylic oxidation sites excluding steroid dienone is 1. The van der Waals surface area contributed by atoms with Crippen LogP contribution in [0.3, 0.4) is 0 Å². The molecule has 0 heterocycles. The van der Waals surface area contributed by atoms with Gasteiger partial charge in [-0.15, -0.1) is 0 Å². The number of Topliss-reactive ketones (excluding diaryl/α,β-unsaturated/α-hetero) is 1. The second-order valence-corrected chi connectivity index (χ2v) is 7.43. The topological polar surface area (TPSA) is 54.4 Å². The first-order chi connectivity index (χ1) is 8.84. The SMILES string of the molecule is C=C(C)C(=O)CC12CC3CC(C1)CC(C(=O)O)(C3)C2. The Morgan fingerprint density at radius 1 is 1.21 bits per heavy atom. The Bertz CT molecular complexity index is 449. The summed E-state index contributed by atoms with van der Waals surface area (Å²) in [5, 5.41) is 9.63. The van der Waals surface area contributed by atoms with Crippen molar-refractivity contribution in [3.8, 4) is 0 Å². The van der Waals surface area contributed by atoms with E-state index in [1.54, 1.807) is 6.92 Å². The molecule has 4 saturated carbocycles. The van der Waals surface area contributed by atoms with Crippen molar-refractivity contribution in [3.63, 3.8) is 0 Å². The van der Waals surface area contributed by atoms with E-state index in [0.29, 0.717) is 30.3 Å². The summed E-state index contributed by atoms with van der Waals surface area (Å²) >= 11 is 0. The number of carboxylic acids is 1. The molecule has 3 heteroatoms. The Morgan fingerprint density at radius 2 is 1.79 bits per heavy atom. The largest absolute Gasteiger partial charge is 0.481 e. The van der Waals surface area contributed by atoms with E-state index in [1.807, 2.05) is 0 Å². The fourth-order valence-electron chi connectivity index (χ4n) is 5.40. The standard InChI is InChI=1S/C16H22O3/c1-10(2)13(17)8-15-4-11-3-12(5-15)7-16(6-11,9-15)14(18)19/h11-12H,1,3-9H2,2H3,(H,18,19). The van der Waals surface area contributed by atoms with Gasteiger partial charge in [0.2, 0.25) is 0 Å². The monoisotopic (exact) mass is 262 g/mol. The Labute approximate surface area is 114 Å². The summed E-state index contributed by atoms with van der Waals surface area (Å²) in [6.45, 7) is 5.50. The molecule has 4 rings (SSSR count). The lowest BCUT2D eigenvalue weighted by Gasteiger charge is -2.60. The normalized spacial score (nSPS) is 43.2. The van der Waals surface area contributed by atoms with Gasteiger partial charge in [0, 0.05) is 6.42 Å². The van der Waals surface area contributed by atoms with Gasteiger partial charge in [-0.05, 0) is 68.3 Å². The van der Waals surface area contributed by atoms with Crippen LogP contribution >= 0.6 is 0 Å². The predicted molar refractivity (Wildman–Crippen MR) is 71.6 cm³/mol. The minimum absolute atomic E-state index is 0.0431. The number of carboxylic acid groups (broad SMARTS) is 1. The summed E-state index contributed by atoms with van der Waals surface area (Å²) in [5.74, 6) is 0.543. The molecular weight excluding hydrogens is 240 g/mol. The number of hydrogen-bond acceptors (Lipinski definition) is 2. The number of rotatable bonds is 4. The van der Waals surface area contributed by atoms with Crippen LogP contribution in [0, 0.1) is 22.7 Å². The first-order valence-electron chi connectivity index (χ1n) is 7.26. The fraction of sp³-hybridized carbons (Fsp3) is 0.750. The molecule has 0 aliphatic heterocycles. The van der Waals surface area contributed by atoms with E-state index in [9.17, 15) is 14.7 Å². The number of carbonyl (C=O) groups is 2. The van der Waals surface area contributed by atoms with Crippen LogP contribution in [0.5, 0.6) is 0 Å². The van der Waals surface area contributed by atoms with Crippen molar-refractivity contribution in [2.75, 3.05) is 0 Å². The summed E-state index contributed by atoms with van der Waals surface area (Å²) in [5.41, 5.74) is 0.0397. The fourth-order valence-corrected chi connectivity index (χ4v) is 5.40. The molecule has 1 N–H and O–H groups in total. The summed E-state index contributed by atoms with van der Waals surface area (Å²) in [6.07, 6.45) is 6.18. The molecule has 2 atom stereocenters. The minimum Gasteiger partial charge on any atom is -0.481 e. The van der Waals surface area contributed by atoms with Crippen LogP contribution in [0.15, 0.2) is 12.2 Å². The van der Waals surface area contributed by atoms with Gasteiger partial charge < -0.3 is 5.11 Å². The lowest BCUT2D eigenvalue weighted by molar-refractivity contribution is -0.176. The van der Waals surface area contributed by atoms with Gasteiger partial charge in [-0.2, -0.15) is 0 Å². The summed E-state index contributed by atoms with van der Waals surface area (Å²) in [4.78, 5) is 23.8. The van der Waals surface area contributed by atoms with Crippen LogP contribution in [0.2, 0.25) is 0 Å². The molecule has 0 aromatic rings. The number of carbonyl (C=O) groups excluding carboxylic acids is 1. The third kappa shape index (κ3) is 1.94. The molecule has 4 bridgehead atoms. The lowest BCUT2D eigenvalue weighted by atomic mass is 9.43. The van der Waals surface area contributed by atoms with Gasteiger partial charge in [0.05, 0.1) is 5.41 Å². The molecule has 19 heavy (non-hydrogen) atoms. The molecule has 0 aromatic heterocycles. The van der Waals surface area contributed by atoms with Gasteiger partial charge in [-0.3, -0.25) is 9.59 Å². The van der Waals surface area contributed by atoms with Crippen molar-refractivity contribution in [3.05, 3.63) is 12.2 Å². The predicted octanol–water partition coefficient (Wildman–Crippen LogP) is 3.19. The van der Waals surface area contributed by atoms with Crippen molar-refractivity contribution < 1.29 is 14.7 Å². The van der Waals surface area contributed by atoms with Gasteiger partial charge in [0.15, 0.2) is 5.78 Å². The highest BCUT2D eigenvalue weighted by Crippen LogP contribution is 2.66. The van der Waals surface area contributed by atoms with Crippen molar-refractivity contribution >= 4 is 11.8 Å². The maximum absolute atomic E-state index is 12.1. The number of hydrogen-bond donors (Lipinski definition) is 1. The van der Waals surface area contributed by atoms with Crippen LogP contribution in [-0.4, -0.2) is 16.9 Å². The van der Waals surface area contributed by atoms with Crippen LogP contribution in [0.4, 0.5) is 0 Å². The zero-order valence-electron chi connectivity index (χ0n) is 11.6. The Balaban J connectivity index is 1.89. The summed E-state index contributed by atoms with van der Waals surface area (Å²) in [7, 11) is 0. The molecule has 0 spiro atoms. The summed E-state index contributed by atoms with van der Waals surface area (Å²) in [6, 6.07) is 0. The van der Waals surface area contributed by atoms with E-state index in [2.05, 4.69) is 6.58 Å². The van der Waals surface area contributed by atoms with Crippen LogP contribution in [-0.2, 0) is 9.59 Å². The zero-order chi connectivity index (χ0) is 13.8. The molecule has 0 amide bonds. The van der Waals surface area contributed by atoms with Gasteiger partial charge in [-0.1, -0.05) is 6.58 Å². The van der Waals surface area contributed by atoms with Crippen molar-refractivity contribution in [2.24, 2.45) is 22.7 Å². The zero-order valence-corrected chi connectivity index (χ0v) is 11.6. The molecule has 4 fully saturated rings. The second kappa shape index (κ2) is 3.94. The van der Waals surface area contributed by atoms with Crippen LogP contribution in [0.1, 0.15) is 51.9 Å². The van der Waals surface area contributed by atoms with Gasteiger partial charge in [0.1, 0.15) is 0 Å². The van der Waals surface area contributed by atoms with E-state index in [0.717, 1.165) is 25.7 Å². The third-order valence-electron chi connectivity index (χ3n) is 5.65. The highest BCUT2D eigenvalue weighted by molar-refractivity contribution is 5.94. The van der Waals surface area contributed by atoms with E-state index >= 15 is 0 Å². The highest BCUT2D eigenvalue weighted by Gasteiger charge is 2.60. The average Bonchev–Trinajstić information content (AvgIpc) is 2.25. The minimum atomic E-state index is -0.631. The highest BCUT2D eigenvalue weighted by atomic mass is 16.4. The van der Waals surface area contributed by atoms with Gasteiger partial charge in [-0.25, -0.2) is 0 Å². The second-order valence-electron chi connectivity index (χ2n) is 7.43. The quantitative estimate of drug-likeness (QED) is 0.792. The van der Waals surface area contributed by atoms with Crippen molar-refractivity contribution in [1.29, 1.82) is 0 Å². The van der Waals surface area contributed by atoms with Crippen LogP contribution < -0.4 is 0 Å². The van der Waals surface area contributed by atoms with Crippen LogP contribution in [0.25, 0.3) is 0 Å². The Kier molecular flexibility index (Phi) is 2.67. The van der Waals surface area contributed by atoms with Gasteiger partial charge >= 0.3 is 5.97 Å². The van der Waals surface area contributed by atoms with Crippen molar-refractivity contribution in [1.82, 2.24) is 0 Å². The molecule has 0 saturated heterocycles. The average molecular weight is 262 g/mol. The molecule has 104 valence electrons. The third-order valence-corrected chi connectivity index (χ3v) is 5.65. The number of ketones is 1. The number of aliphatic carboxylic acids is 1. The van der Waals surface area contributed by atoms with Crippen molar-refractivity contribution in [2.45, 2.75) is 51.9 Å². The maximum atomic E-state index is 12.1. The smallest absolute Gasteiger partial charge is 0.309 e. The lowest BCUT2D eigenvalue weighted by Crippen LogP contribution is -2.55. The molecule has 4 aliphatic carbocycles. The maximum Gasteiger partial charge on any atom is 0.309 e. The molecule has 0 aromatic carbocycles. The molecule has 3 nitrogen and oxygen atoms in total. The first-order valence-corrected chi connectivity index (χ1v) is 7.26. The van der Waals surface area contributed by atoms with E-state index in [4.69, 9.17) is 0 Å². The summed E-state index contributed by atoms with van der Waals surface area (Å²) < 4.78 is 0. The molecular formula is C16H22O3.